The monoisotopic (exact) mass is 494 g/mol. The van der Waals surface area contributed by atoms with Crippen molar-refractivity contribution in [3.63, 3.8) is 0 Å². The number of nitrogens with zero attached hydrogens (tertiary/aromatic N) is 1. The SMILES string of the molecule is CCOC(=O)c1c(NC(=O)[C@H](C)OC(=O)[C@@H]2CS[C@@]3(C)CCC(=O)N23)sc2c1CC[C@@H](C)C2. The number of hydrogen-bond acceptors (Lipinski definition) is 8. The highest BCUT2D eigenvalue weighted by molar-refractivity contribution is 8.01. The van der Waals surface area contributed by atoms with Gasteiger partial charge in [0.2, 0.25) is 5.91 Å². The maximum atomic E-state index is 12.9. The molecule has 0 aromatic carbocycles. The molecule has 0 radical (unpaired) electrons. The molecule has 1 aliphatic carbocycles. The Kier molecular flexibility index (Phi) is 6.77. The van der Waals surface area contributed by atoms with Crippen LogP contribution in [-0.2, 0) is 36.7 Å². The van der Waals surface area contributed by atoms with Gasteiger partial charge in [0, 0.05) is 17.1 Å². The van der Waals surface area contributed by atoms with E-state index < -0.39 is 30.0 Å². The highest BCUT2D eigenvalue weighted by atomic mass is 32.2. The molecule has 0 bridgehead atoms. The van der Waals surface area contributed by atoms with Crippen LogP contribution in [0.2, 0.25) is 0 Å². The molecule has 4 atom stereocenters. The summed E-state index contributed by atoms with van der Waals surface area (Å²) in [5.41, 5.74) is 1.37. The van der Waals surface area contributed by atoms with E-state index in [0.29, 0.717) is 35.1 Å². The van der Waals surface area contributed by atoms with Gasteiger partial charge in [0.05, 0.1) is 17.0 Å². The molecule has 8 nitrogen and oxygen atoms in total. The van der Waals surface area contributed by atoms with E-state index in [2.05, 4.69) is 12.2 Å². The third-order valence-corrected chi connectivity index (χ3v) is 9.28. The molecule has 1 N–H and O–H groups in total. The lowest BCUT2D eigenvalue weighted by Crippen LogP contribution is -2.48. The molecule has 1 aromatic rings. The summed E-state index contributed by atoms with van der Waals surface area (Å²) in [6.07, 6.45) is 2.65. The maximum Gasteiger partial charge on any atom is 0.341 e. The van der Waals surface area contributed by atoms with E-state index >= 15 is 0 Å². The van der Waals surface area contributed by atoms with E-state index in [4.69, 9.17) is 9.47 Å². The number of thiophene rings is 1. The second-order valence-corrected chi connectivity index (χ2v) is 11.7. The van der Waals surface area contributed by atoms with Crippen LogP contribution in [0.25, 0.3) is 0 Å². The number of rotatable bonds is 6. The first-order valence-electron chi connectivity index (χ1n) is 11.4. The number of esters is 2. The second kappa shape index (κ2) is 9.29. The van der Waals surface area contributed by atoms with E-state index in [9.17, 15) is 19.2 Å². The van der Waals surface area contributed by atoms with Gasteiger partial charge in [-0.05, 0) is 57.9 Å². The zero-order valence-corrected chi connectivity index (χ0v) is 21.0. The highest BCUT2D eigenvalue weighted by Crippen LogP contribution is 2.47. The summed E-state index contributed by atoms with van der Waals surface area (Å²) in [5, 5.41) is 3.24. The van der Waals surface area contributed by atoms with Crippen LogP contribution in [0.15, 0.2) is 0 Å². The quantitative estimate of drug-likeness (QED) is 0.605. The van der Waals surface area contributed by atoms with Crippen molar-refractivity contribution < 1.29 is 28.7 Å². The number of fused-ring (bicyclic) bond motifs is 2. The van der Waals surface area contributed by atoms with Gasteiger partial charge >= 0.3 is 11.9 Å². The summed E-state index contributed by atoms with van der Waals surface area (Å²) in [7, 11) is 0. The maximum absolute atomic E-state index is 12.9. The standard InChI is InChI=1S/C23H30N2O6S2/c1-5-30-22(29)18-14-7-6-12(2)10-16(14)33-20(18)24-19(27)13(3)31-21(28)15-11-32-23(4)9-8-17(26)25(15)23/h12-13,15H,5-11H2,1-4H3,(H,24,27)/t12-,13+,15+,23+/m1/s1. The lowest BCUT2D eigenvalue weighted by Gasteiger charge is -2.29. The number of anilines is 1. The van der Waals surface area contributed by atoms with Crippen LogP contribution in [-0.4, -0.2) is 58.0 Å². The third-order valence-electron chi connectivity index (χ3n) is 6.61. The molecule has 3 heterocycles. The number of ether oxygens (including phenoxy) is 2. The summed E-state index contributed by atoms with van der Waals surface area (Å²) in [6.45, 7) is 7.62. The van der Waals surface area contributed by atoms with Crippen molar-refractivity contribution in [3.8, 4) is 0 Å². The fraction of sp³-hybridized carbons (Fsp3) is 0.652. The molecular formula is C23H30N2O6S2. The van der Waals surface area contributed by atoms with E-state index in [1.807, 2.05) is 6.92 Å². The summed E-state index contributed by atoms with van der Waals surface area (Å²) >= 11 is 2.97. The summed E-state index contributed by atoms with van der Waals surface area (Å²) in [6, 6.07) is -0.684. The largest absolute Gasteiger partial charge is 0.462 e. The van der Waals surface area contributed by atoms with Crippen LogP contribution in [0.5, 0.6) is 0 Å². The van der Waals surface area contributed by atoms with Crippen LogP contribution in [0.4, 0.5) is 5.00 Å². The minimum absolute atomic E-state index is 0.0565. The zero-order valence-electron chi connectivity index (χ0n) is 19.4. The second-order valence-electron chi connectivity index (χ2n) is 9.11. The molecular weight excluding hydrogens is 464 g/mol. The first kappa shape index (κ1) is 24.1. The normalized spacial score (nSPS) is 27.0. The topological polar surface area (TPSA) is 102 Å². The Morgan fingerprint density at radius 2 is 2.06 bits per heavy atom. The van der Waals surface area contributed by atoms with Gasteiger partial charge in [0.25, 0.3) is 5.91 Å². The van der Waals surface area contributed by atoms with Crippen molar-refractivity contribution in [1.82, 2.24) is 4.90 Å². The minimum atomic E-state index is -1.07. The number of nitrogens with one attached hydrogen (secondary N) is 1. The Morgan fingerprint density at radius 3 is 2.79 bits per heavy atom. The first-order chi connectivity index (χ1) is 15.6. The summed E-state index contributed by atoms with van der Waals surface area (Å²) in [4.78, 5) is 53.0. The molecule has 4 rings (SSSR count). The molecule has 2 fully saturated rings. The number of thioether (sulfide) groups is 1. The molecule has 10 heteroatoms. The lowest BCUT2D eigenvalue weighted by atomic mass is 9.88. The van der Waals surface area contributed by atoms with Gasteiger partial charge in [-0.1, -0.05) is 6.92 Å². The van der Waals surface area contributed by atoms with Crippen molar-refractivity contribution in [2.75, 3.05) is 17.7 Å². The predicted octanol–water partition coefficient (Wildman–Crippen LogP) is 3.37. The average molecular weight is 495 g/mol. The zero-order chi connectivity index (χ0) is 23.9. The first-order valence-corrected chi connectivity index (χ1v) is 13.2. The van der Waals surface area contributed by atoms with Crippen LogP contribution in [0.1, 0.15) is 67.8 Å². The minimum Gasteiger partial charge on any atom is -0.462 e. The van der Waals surface area contributed by atoms with Gasteiger partial charge in [-0.25, -0.2) is 9.59 Å². The number of carbonyl (C=O) groups excluding carboxylic acids is 4. The highest BCUT2D eigenvalue weighted by Gasteiger charge is 2.53. The Morgan fingerprint density at radius 1 is 1.30 bits per heavy atom. The van der Waals surface area contributed by atoms with E-state index in [1.165, 1.54) is 18.3 Å². The van der Waals surface area contributed by atoms with Crippen molar-refractivity contribution in [1.29, 1.82) is 0 Å². The number of hydrogen-bond donors (Lipinski definition) is 1. The van der Waals surface area contributed by atoms with Crippen LogP contribution in [0, 0.1) is 5.92 Å². The Bertz CT molecular complexity index is 992. The summed E-state index contributed by atoms with van der Waals surface area (Å²) < 4.78 is 10.7. The molecule has 0 spiro atoms. The van der Waals surface area contributed by atoms with Crippen molar-refractivity contribution in [3.05, 3.63) is 16.0 Å². The molecule has 1 aromatic heterocycles. The smallest absolute Gasteiger partial charge is 0.341 e. The molecule has 0 unspecified atom stereocenters. The predicted molar refractivity (Wildman–Crippen MR) is 126 cm³/mol. The van der Waals surface area contributed by atoms with Gasteiger partial charge in [-0.15, -0.1) is 23.1 Å². The van der Waals surface area contributed by atoms with Gasteiger partial charge < -0.3 is 19.7 Å². The molecule has 0 saturated carbocycles. The van der Waals surface area contributed by atoms with Crippen molar-refractivity contribution in [2.24, 2.45) is 5.92 Å². The molecule has 2 aliphatic heterocycles. The van der Waals surface area contributed by atoms with Crippen molar-refractivity contribution >= 4 is 51.9 Å². The van der Waals surface area contributed by atoms with Crippen LogP contribution in [0.3, 0.4) is 0 Å². The fourth-order valence-corrected chi connectivity index (χ4v) is 7.59. The lowest BCUT2D eigenvalue weighted by molar-refractivity contribution is -0.160. The summed E-state index contributed by atoms with van der Waals surface area (Å²) in [5.74, 6) is -0.620. The van der Waals surface area contributed by atoms with Crippen LogP contribution < -0.4 is 5.32 Å². The number of carbonyl (C=O) groups is 4. The van der Waals surface area contributed by atoms with Gasteiger partial charge in [-0.3, -0.25) is 9.59 Å². The molecule has 2 amide bonds. The Labute approximate surface area is 201 Å². The van der Waals surface area contributed by atoms with Gasteiger partial charge in [0.1, 0.15) is 11.0 Å². The average Bonchev–Trinajstić information content (AvgIpc) is 3.38. The van der Waals surface area contributed by atoms with Gasteiger partial charge in [-0.2, -0.15) is 0 Å². The molecule has 33 heavy (non-hydrogen) atoms. The Balaban J connectivity index is 1.46. The van der Waals surface area contributed by atoms with E-state index in [0.717, 1.165) is 29.7 Å². The van der Waals surface area contributed by atoms with E-state index in [1.54, 1.807) is 23.6 Å². The molecule has 2 saturated heterocycles. The van der Waals surface area contributed by atoms with Gasteiger partial charge in [0.15, 0.2) is 6.10 Å². The fourth-order valence-electron chi connectivity index (χ4n) is 4.77. The molecule has 3 aliphatic rings. The Hall–Kier alpha value is -2.07. The third kappa shape index (κ3) is 4.51. The molecule has 180 valence electrons. The van der Waals surface area contributed by atoms with Crippen molar-refractivity contribution in [2.45, 2.75) is 76.8 Å². The van der Waals surface area contributed by atoms with E-state index in [-0.39, 0.29) is 17.4 Å². The van der Waals surface area contributed by atoms with Crippen LogP contribution >= 0.6 is 23.1 Å². The number of amides is 2.